The molecule has 0 spiro atoms. The highest BCUT2D eigenvalue weighted by atomic mass is 14.8. The molecule has 2 aromatic heterocycles. The number of rotatable bonds is 2. The molecule has 9 aromatic rings. The largest absolute Gasteiger partial charge is 0.247 e. The third kappa shape index (κ3) is 3.05. The predicted molar refractivity (Wildman–Crippen MR) is 169 cm³/mol. The molecule has 0 fully saturated rings. The molecule has 0 saturated heterocycles. The summed E-state index contributed by atoms with van der Waals surface area (Å²) in [7, 11) is 0. The van der Waals surface area contributed by atoms with Crippen LogP contribution in [0, 0.1) is 0 Å². The summed E-state index contributed by atoms with van der Waals surface area (Å²) in [6.07, 6.45) is 0. The molecule has 2 heterocycles. The van der Waals surface area contributed by atoms with Crippen LogP contribution in [0.4, 0.5) is 0 Å². The first-order valence-corrected chi connectivity index (χ1v) is 13.7. The number of para-hydroxylation sites is 2. The van der Waals surface area contributed by atoms with Crippen molar-refractivity contribution in [2.45, 2.75) is 0 Å². The van der Waals surface area contributed by atoms with E-state index in [1.54, 1.807) is 0 Å². The Morgan fingerprint density at radius 3 is 1.88 bits per heavy atom. The summed E-state index contributed by atoms with van der Waals surface area (Å²) in [5, 5.41) is 11.1. The zero-order valence-corrected chi connectivity index (χ0v) is 21.6. The summed E-state index contributed by atoms with van der Waals surface area (Å²) in [5.74, 6) is 0. The van der Waals surface area contributed by atoms with Crippen LogP contribution in [0.3, 0.4) is 0 Å². The molecule has 0 bridgehead atoms. The van der Waals surface area contributed by atoms with Crippen molar-refractivity contribution in [2.24, 2.45) is 0 Å². The monoisotopic (exact) mass is 506 g/mol. The van der Waals surface area contributed by atoms with Crippen molar-refractivity contribution in [1.82, 2.24) is 9.97 Å². The highest BCUT2D eigenvalue weighted by Crippen LogP contribution is 2.40. The maximum Gasteiger partial charge on any atom is 0.0825 e. The van der Waals surface area contributed by atoms with E-state index in [1.807, 2.05) is 12.1 Å². The first-order chi connectivity index (χ1) is 19.8. The second kappa shape index (κ2) is 8.08. The zero-order chi connectivity index (χ0) is 26.2. The lowest BCUT2D eigenvalue weighted by molar-refractivity contribution is 1.41. The minimum atomic E-state index is 0.962. The molecule has 184 valence electrons. The summed E-state index contributed by atoms with van der Waals surface area (Å²) in [5.41, 5.74) is 7.47. The fourth-order valence-electron chi connectivity index (χ4n) is 6.47. The first-order valence-electron chi connectivity index (χ1n) is 13.7. The molecule has 2 nitrogen and oxygen atoms in total. The Labute approximate surface area is 230 Å². The molecule has 7 aromatic carbocycles. The smallest absolute Gasteiger partial charge is 0.0825 e. The van der Waals surface area contributed by atoms with Gasteiger partial charge in [-0.2, -0.15) is 0 Å². The molecular weight excluding hydrogens is 484 g/mol. The molecule has 0 atom stereocenters. The van der Waals surface area contributed by atoms with Crippen molar-refractivity contribution < 1.29 is 0 Å². The maximum absolute atomic E-state index is 5.15. The van der Waals surface area contributed by atoms with Crippen LogP contribution in [-0.4, -0.2) is 9.97 Å². The van der Waals surface area contributed by atoms with Gasteiger partial charge in [0.2, 0.25) is 0 Å². The van der Waals surface area contributed by atoms with E-state index in [9.17, 15) is 0 Å². The van der Waals surface area contributed by atoms with Gasteiger partial charge in [0.15, 0.2) is 0 Å². The molecule has 0 aliphatic carbocycles. The third-order valence-corrected chi connectivity index (χ3v) is 8.37. The van der Waals surface area contributed by atoms with E-state index in [1.165, 1.54) is 43.4 Å². The Bertz CT molecular complexity index is 2400. The van der Waals surface area contributed by atoms with Crippen molar-refractivity contribution >= 4 is 65.0 Å². The van der Waals surface area contributed by atoms with E-state index in [0.717, 1.165) is 44.0 Å². The summed E-state index contributed by atoms with van der Waals surface area (Å²) < 4.78 is 0. The average Bonchev–Trinajstić information content (AvgIpc) is 3.02. The van der Waals surface area contributed by atoms with E-state index >= 15 is 0 Å². The normalized spacial score (nSPS) is 12.0. The van der Waals surface area contributed by atoms with Gasteiger partial charge >= 0.3 is 0 Å². The quantitative estimate of drug-likeness (QED) is 0.172. The van der Waals surface area contributed by atoms with Crippen LogP contribution in [0.2, 0.25) is 0 Å². The molecule has 0 amide bonds. The lowest BCUT2D eigenvalue weighted by atomic mass is 9.89. The number of pyridine rings is 2. The Morgan fingerprint density at radius 2 is 1.02 bits per heavy atom. The van der Waals surface area contributed by atoms with Gasteiger partial charge in [0.1, 0.15) is 0 Å². The molecule has 0 unspecified atom stereocenters. The highest BCUT2D eigenvalue weighted by molar-refractivity contribution is 6.25. The van der Waals surface area contributed by atoms with Crippen LogP contribution in [0.5, 0.6) is 0 Å². The van der Waals surface area contributed by atoms with E-state index in [2.05, 4.69) is 121 Å². The molecule has 0 saturated carbocycles. The average molecular weight is 507 g/mol. The van der Waals surface area contributed by atoms with Gasteiger partial charge in [0, 0.05) is 21.7 Å². The number of nitrogens with zero attached hydrogens (tertiary/aromatic N) is 2. The highest BCUT2D eigenvalue weighted by Gasteiger charge is 2.15. The fraction of sp³-hybridized carbons (Fsp3) is 0. The Balaban J connectivity index is 1.25. The number of benzene rings is 7. The van der Waals surface area contributed by atoms with Gasteiger partial charge in [-0.05, 0) is 61.6 Å². The van der Waals surface area contributed by atoms with Crippen LogP contribution in [0.1, 0.15) is 0 Å². The molecule has 40 heavy (non-hydrogen) atoms. The van der Waals surface area contributed by atoms with Gasteiger partial charge in [0.05, 0.1) is 22.2 Å². The Kier molecular flexibility index (Phi) is 4.36. The number of hydrogen-bond acceptors (Lipinski definition) is 2. The predicted octanol–water partition coefficient (Wildman–Crippen LogP) is 10.2. The summed E-state index contributed by atoms with van der Waals surface area (Å²) >= 11 is 0. The first kappa shape index (κ1) is 21.6. The summed E-state index contributed by atoms with van der Waals surface area (Å²) in [4.78, 5) is 10.2. The topological polar surface area (TPSA) is 25.8 Å². The summed E-state index contributed by atoms with van der Waals surface area (Å²) in [6, 6.07) is 47.8. The Morgan fingerprint density at radius 1 is 0.375 bits per heavy atom. The van der Waals surface area contributed by atoms with E-state index in [-0.39, 0.29) is 0 Å². The van der Waals surface area contributed by atoms with Crippen molar-refractivity contribution in [2.75, 3.05) is 0 Å². The second-order valence-corrected chi connectivity index (χ2v) is 10.6. The van der Waals surface area contributed by atoms with Crippen LogP contribution in [0.25, 0.3) is 87.4 Å². The van der Waals surface area contributed by atoms with E-state index in [4.69, 9.17) is 9.97 Å². The molecule has 9 rings (SSSR count). The molecule has 2 heteroatoms. The third-order valence-electron chi connectivity index (χ3n) is 8.37. The maximum atomic E-state index is 5.15. The van der Waals surface area contributed by atoms with Gasteiger partial charge in [-0.1, -0.05) is 115 Å². The minimum Gasteiger partial charge on any atom is -0.247 e. The van der Waals surface area contributed by atoms with Crippen molar-refractivity contribution in [3.63, 3.8) is 0 Å². The van der Waals surface area contributed by atoms with Crippen LogP contribution in [-0.2, 0) is 0 Å². The van der Waals surface area contributed by atoms with Gasteiger partial charge < -0.3 is 0 Å². The zero-order valence-electron chi connectivity index (χ0n) is 21.6. The molecule has 0 aliphatic heterocycles. The minimum absolute atomic E-state index is 0.962. The van der Waals surface area contributed by atoms with Crippen molar-refractivity contribution in [3.8, 4) is 22.4 Å². The molecular formula is C38H22N2. The lowest BCUT2D eigenvalue weighted by Crippen LogP contribution is -1.93. The SMILES string of the molecule is c1ccc2nc3c(cc2c1)c(-c1ccc(-c2ccc4ccc5cccc6ccc2c4c56)cc1)nc1ccccc13. The van der Waals surface area contributed by atoms with Crippen LogP contribution < -0.4 is 0 Å². The standard InChI is InChI=1S/C38H22N2/c1-3-10-33-28(6-1)22-32-37(40-34-11-4-2-9-31(34)38(32)39-33)27-16-12-23(13-17-27)29-20-18-26-15-14-24-7-5-8-25-19-21-30(29)36(26)35(24)25/h1-22H. The van der Waals surface area contributed by atoms with Gasteiger partial charge in [0.25, 0.3) is 0 Å². The molecule has 0 radical (unpaired) electrons. The van der Waals surface area contributed by atoms with Gasteiger partial charge in [-0.25, -0.2) is 9.97 Å². The fourth-order valence-corrected chi connectivity index (χ4v) is 6.47. The number of aromatic nitrogens is 2. The van der Waals surface area contributed by atoms with E-state index < -0.39 is 0 Å². The number of hydrogen-bond donors (Lipinski definition) is 0. The van der Waals surface area contributed by atoms with E-state index in [0.29, 0.717) is 0 Å². The Hall–Kier alpha value is -5.34. The second-order valence-electron chi connectivity index (χ2n) is 10.6. The van der Waals surface area contributed by atoms with Crippen molar-refractivity contribution in [3.05, 3.63) is 133 Å². The summed E-state index contributed by atoms with van der Waals surface area (Å²) in [6.45, 7) is 0. The number of fused-ring (bicyclic) bond motifs is 4. The van der Waals surface area contributed by atoms with Crippen LogP contribution >= 0.6 is 0 Å². The molecule has 0 aliphatic rings. The van der Waals surface area contributed by atoms with Crippen molar-refractivity contribution in [1.29, 1.82) is 0 Å². The molecule has 0 N–H and O–H groups in total. The van der Waals surface area contributed by atoms with Gasteiger partial charge in [-0.3, -0.25) is 0 Å². The lowest BCUT2D eigenvalue weighted by Gasteiger charge is -2.15. The van der Waals surface area contributed by atoms with Crippen LogP contribution in [0.15, 0.2) is 133 Å². The van der Waals surface area contributed by atoms with Gasteiger partial charge in [-0.15, -0.1) is 0 Å².